The predicted molar refractivity (Wildman–Crippen MR) is 92.8 cm³/mol. The van der Waals surface area contributed by atoms with Crippen LogP contribution in [0.15, 0.2) is 29.0 Å². The summed E-state index contributed by atoms with van der Waals surface area (Å²) in [5, 5.41) is 17.1. The van der Waals surface area contributed by atoms with E-state index in [0.717, 1.165) is 18.4 Å². The van der Waals surface area contributed by atoms with E-state index in [-0.39, 0.29) is 11.7 Å². The first kappa shape index (κ1) is 16.1. The Balaban J connectivity index is 1.75. The van der Waals surface area contributed by atoms with Gasteiger partial charge < -0.3 is 10.4 Å². The Labute approximate surface area is 143 Å². The number of hydrogen-bond acceptors (Lipinski definition) is 3. The van der Waals surface area contributed by atoms with E-state index in [1.807, 2.05) is 11.6 Å². The van der Waals surface area contributed by atoms with Crippen molar-refractivity contribution in [3.63, 3.8) is 0 Å². The first-order valence-electron chi connectivity index (χ1n) is 7.89. The Hall–Kier alpha value is -1.82. The summed E-state index contributed by atoms with van der Waals surface area (Å²) in [7, 11) is 0. The summed E-state index contributed by atoms with van der Waals surface area (Å²) >= 11 is 3.28. The van der Waals surface area contributed by atoms with Crippen LogP contribution in [0, 0.1) is 6.92 Å². The predicted octanol–water partition coefficient (Wildman–Crippen LogP) is 4.42. The molecule has 2 N–H and O–H groups in total. The number of halogens is 1. The van der Waals surface area contributed by atoms with E-state index < -0.39 is 0 Å². The van der Waals surface area contributed by atoms with Gasteiger partial charge in [-0.15, -0.1) is 0 Å². The Morgan fingerprint density at radius 2 is 2.09 bits per heavy atom. The highest BCUT2D eigenvalue weighted by Gasteiger charge is 2.18. The maximum atomic E-state index is 12.4. The van der Waals surface area contributed by atoms with Gasteiger partial charge in [0.1, 0.15) is 0 Å². The largest absolute Gasteiger partial charge is 0.505 e. The van der Waals surface area contributed by atoms with Gasteiger partial charge in [-0.3, -0.25) is 9.48 Å². The van der Waals surface area contributed by atoms with Crippen molar-refractivity contribution in [2.24, 2.45) is 0 Å². The van der Waals surface area contributed by atoms with Crippen LogP contribution in [0.3, 0.4) is 0 Å². The van der Waals surface area contributed by atoms with Crippen molar-refractivity contribution in [1.82, 2.24) is 9.78 Å². The van der Waals surface area contributed by atoms with Gasteiger partial charge in [-0.05, 0) is 53.4 Å². The molecule has 1 fully saturated rings. The quantitative estimate of drug-likeness (QED) is 0.778. The van der Waals surface area contributed by atoms with Crippen LogP contribution in [0.1, 0.15) is 54.1 Å². The molecule has 1 aromatic carbocycles. The summed E-state index contributed by atoms with van der Waals surface area (Å²) < 4.78 is 2.46. The van der Waals surface area contributed by atoms with Crippen molar-refractivity contribution in [3.05, 3.63) is 40.1 Å². The Bertz CT molecular complexity index is 721. The minimum absolute atomic E-state index is 0.0311. The molecule has 6 heteroatoms. The van der Waals surface area contributed by atoms with Crippen LogP contribution in [0.2, 0.25) is 0 Å². The summed E-state index contributed by atoms with van der Waals surface area (Å²) in [6, 6.07) is 3.93. The minimum atomic E-state index is -0.264. The van der Waals surface area contributed by atoms with Crippen LogP contribution >= 0.6 is 15.9 Å². The van der Waals surface area contributed by atoms with E-state index in [4.69, 9.17) is 0 Å². The van der Waals surface area contributed by atoms with Crippen molar-refractivity contribution in [2.75, 3.05) is 5.32 Å². The lowest BCUT2D eigenvalue weighted by molar-refractivity contribution is 0.102. The average molecular weight is 378 g/mol. The highest BCUT2D eigenvalue weighted by Crippen LogP contribution is 2.33. The van der Waals surface area contributed by atoms with Crippen molar-refractivity contribution in [1.29, 1.82) is 0 Å². The maximum Gasteiger partial charge on any atom is 0.258 e. The lowest BCUT2D eigenvalue weighted by Gasteiger charge is -2.21. The molecule has 1 saturated carbocycles. The zero-order valence-corrected chi connectivity index (χ0v) is 14.6. The van der Waals surface area contributed by atoms with Gasteiger partial charge in [-0.1, -0.05) is 19.3 Å². The lowest BCUT2D eigenvalue weighted by atomic mass is 9.96. The topological polar surface area (TPSA) is 67.2 Å². The molecule has 0 unspecified atom stereocenters. The lowest BCUT2D eigenvalue weighted by Crippen LogP contribution is -2.14. The third-order valence-electron chi connectivity index (χ3n) is 4.27. The molecule has 2 aromatic rings. The molecule has 3 rings (SSSR count). The molecule has 1 aliphatic rings. The Morgan fingerprint density at radius 1 is 1.35 bits per heavy atom. The summed E-state index contributed by atoms with van der Waals surface area (Å²) in [5.41, 5.74) is 1.85. The first-order valence-corrected chi connectivity index (χ1v) is 8.68. The number of aryl methyl sites for hydroxylation is 1. The number of phenolic OH excluding ortho intramolecular Hbond substituents is 1. The second kappa shape index (κ2) is 6.74. The SMILES string of the molecule is Cc1cc(Br)c(O)c(NC(=O)c2cnn(C3CCCCC3)c2)c1. The van der Waals surface area contributed by atoms with E-state index in [0.29, 0.717) is 21.8 Å². The van der Waals surface area contributed by atoms with Crippen LogP contribution < -0.4 is 5.32 Å². The number of aromatic hydroxyl groups is 1. The number of amides is 1. The van der Waals surface area contributed by atoms with Crippen LogP contribution in [0.4, 0.5) is 5.69 Å². The molecule has 0 bridgehead atoms. The first-order chi connectivity index (χ1) is 11.0. The number of anilines is 1. The fourth-order valence-corrected chi connectivity index (χ4v) is 3.60. The Kier molecular flexibility index (Phi) is 4.71. The fraction of sp³-hybridized carbons (Fsp3) is 0.412. The minimum Gasteiger partial charge on any atom is -0.505 e. The third-order valence-corrected chi connectivity index (χ3v) is 4.87. The van der Waals surface area contributed by atoms with Gasteiger partial charge in [0.25, 0.3) is 5.91 Å². The Morgan fingerprint density at radius 3 is 2.83 bits per heavy atom. The van der Waals surface area contributed by atoms with Crippen molar-refractivity contribution >= 4 is 27.5 Å². The summed E-state index contributed by atoms with van der Waals surface area (Å²) in [5.74, 6) is -0.233. The van der Waals surface area contributed by atoms with E-state index in [9.17, 15) is 9.90 Å². The van der Waals surface area contributed by atoms with Gasteiger partial charge in [-0.2, -0.15) is 5.10 Å². The smallest absolute Gasteiger partial charge is 0.258 e. The number of phenols is 1. The second-order valence-electron chi connectivity index (χ2n) is 6.10. The molecular formula is C17H20BrN3O2. The van der Waals surface area contributed by atoms with Gasteiger partial charge in [0.2, 0.25) is 0 Å². The molecule has 1 aliphatic carbocycles. The molecule has 1 heterocycles. The monoisotopic (exact) mass is 377 g/mol. The zero-order chi connectivity index (χ0) is 16.4. The van der Waals surface area contributed by atoms with Gasteiger partial charge in [0.05, 0.1) is 28.0 Å². The highest BCUT2D eigenvalue weighted by atomic mass is 79.9. The molecule has 0 saturated heterocycles. The summed E-state index contributed by atoms with van der Waals surface area (Å²) in [6.07, 6.45) is 9.35. The van der Waals surface area contributed by atoms with Crippen LogP contribution in [0.5, 0.6) is 5.75 Å². The molecule has 0 aliphatic heterocycles. The zero-order valence-electron chi connectivity index (χ0n) is 13.1. The van der Waals surface area contributed by atoms with Crippen LogP contribution in [0.25, 0.3) is 0 Å². The number of carbonyl (C=O) groups is 1. The van der Waals surface area contributed by atoms with Crippen molar-refractivity contribution in [2.45, 2.75) is 45.1 Å². The molecule has 122 valence electrons. The normalized spacial score (nSPS) is 15.6. The molecule has 0 radical (unpaired) electrons. The molecule has 23 heavy (non-hydrogen) atoms. The highest BCUT2D eigenvalue weighted by molar-refractivity contribution is 9.10. The summed E-state index contributed by atoms with van der Waals surface area (Å²) in [4.78, 5) is 12.4. The van der Waals surface area contributed by atoms with E-state index in [1.54, 1.807) is 24.5 Å². The number of hydrogen-bond donors (Lipinski definition) is 2. The molecular weight excluding hydrogens is 358 g/mol. The number of rotatable bonds is 3. The van der Waals surface area contributed by atoms with Gasteiger partial charge >= 0.3 is 0 Å². The fourth-order valence-electron chi connectivity index (χ4n) is 3.02. The summed E-state index contributed by atoms with van der Waals surface area (Å²) in [6.45, 7) is 1.90. The van der Waals surface area contributed by atoms with Gasteiger partial charge in [0, 0.05) is 6.20 Å². The standard InChI is InChI=1S/C17H20BrN3O2/c1-11-7-14(18)16(22)15(8-11)20-17(23)12-9-19-21(10-12)13-5-3-2-4-6-13/h7-10,13,22H,2-6H2,1H3,(H,20,23). The molecule has 1 aromatic heterocycles. The molecule has 0 spiro atoms. The van der Waals surface area contributed by atoms with Crippen LogP contribution in [-0.4, -0.2) is 20.8 Å². The van der Waals surface area contributed by atoms with Crippen molar-refractivity contribution < 1.29 is 9.90 Å². The number of nitrogens with zero attached hydrogens (tertiary/aromatic N) is 2. The molecule has 5 nitrogen and oxygen atoms in total. The molecule has 1 amide bonds. The number of aromatic nitrogens is 2. The average Bonchev–Trinajstić information content (AvgIpc) is 3.03. The van der Waals surface area contributed by atoms with Crippen molar-refractivity contribution in [3.8, 4) is 5.75 Å². The number of benzene rings is 1. The van der Waals surface area contributed by atoms with Crippen LogP contribution in [-0.2, 0) is 0 Å². The van der Waals surface area contributed by atoms with E-state index >= 15 is 0 Å². The van der Waals surface area contributed by atoms with E-state index in [1.165, 1.54) is 19.3 Å². The number of nitrogens with one attached hydrogen (secondary N) is 1. The maximum absolute atomic E-state index is 12.4. The van der Waals surface area contributed by atoms with Gasteiger partial charge in [0.15, 0.2) is 5.75 Å². The molecule has 0 atom stereocenters. The second-order valence-corrected chi connectivity index (χ2v) is 6.95. The van der Waals surface area contributed by atoms with Gasteiger partial charge in [-0.25, -0.2) is 0 Å². The van der Waals surface area contributed by atoms with E-state index in [2.05, 4.69) is 26.3 Å². The number of carbonyl (C=O) groups excluding carboxylic acids is 1. The third kappa shape index (κ3) is 3.58.